The van der Waals surface area contributed by atoms with Crippen LogP contribution in [0.5, 0.6) is 11.5 Å². The molecule has 0 aliphatic rings. The van der Waals surface area contributed by atoms with Crippen molar-refractivity contribution in [2.24, 2.45) is 0 Å². The van der Waals surface area contributed by atoms with E-state index in [-0.39, 0.29) is 32.2 Å². The highest BCUT2D eigenvalue weighted by molar-refractivity contribution is 6.04. The standard InChI is InChI=1S/C21H22O5/c22-13-15-25-20-9-3-17(4-10-20)1-7-19(24)8-2-18-5-11-21(12-6-18)26-16-14-23/h1-12,22-23H,13-16H2/b7-1+,8-2+. The molecule has 0 fully saturated rings. The topological polar surface area (TPSA) is 76.0 Å². The fraction of sp³-hybridized carbons (Fsp3) is 0.190. The predicted molar refractivity (Wildman–Crippen MR) is 101 cm³/mol. The quantitative estimate of drug-likeness (QED) is 0.642. The summed E-state index contributed by atoms with van der Waals surface area (Å²) in [6.45, 7) is 0.460. The molecule has 0 saturated heterocycles. The van der Waals surface area contributed by atoms with Gasteiger partial charge in [-0.1, -0.05) is 36.4 Å². The highest BCUT2D eigenvalue weighted by Gasteiger charge is 1.96. The molecule has 2 aromatic carbocycles. The largest absolute Gasteiger partial charge is 0.491 e. The van der Waals surface area contributed by atoms with E-state index in [0.29, 0.717) is 11.5 Å². The second-order valence-corrected chi connectivity index (χ2v) is 5.35. The maximum Gasteiger partial charge on any atom is 0.178 e. The van der Waals surface area contributed by atoms with Crippen LogP contribution in [0.4, 0.5) is 0 Å². The Balaban J connectivity index is 1.86. The molecular weight excluding hydrogens is 332 g/mol. The first-order valence-corrected chi connectivity index (χ1v) is 8.29. The number of carbonyl (C=O) groups is 1. The van der Waals surface area contributed by atoms with Gasteiger partial charge in [0.1, 0.15) is 24.7 Å². The maximum absolute atomic E-state index is 11.9. The van der Waals surface area contributed by atoms with Crippen molar-refractivity contribution in [3.05, 3.63) is 71.8 Å². The van der Waals surface area contributed by atoms with Gasteiger partial charge in [0, 0.05) is 0 Å². The first-order chi connectivity index (χ1) is 12.7. The number of allylic oxidation sites excluding steroid dienone is 2. The van der Waals surface area contributed by atoms with Crippen molar-refractivity contribution in [1.82, 2.24) is 0 Å². The van der Waals surface area contributed by atoms with E-state index in [4.69, 9.17) is 19.7 Å². The summed E-state index contributed by atoms with van der Waals surface area (Å²) in [5, 5.41) is 17.4. The molecule has 2 aromatic rings. The van der Waals surface area contributed by atoms with Crippen LogP contribution < -0.4 is 9.47 Å². The van der Waals surface area contributed by atoms with Gasteiger partial charge in [0.2, 0.25) is 0 Å². The summed E-state index contributed by atoms with van der Waals surface area (Å²) in [6.07, 6.45) is 6.46. The molecule has 5 heteroatoms. The van der Waals surface area contributed by atoms with Crippen molar-refractivity contribution >= 4 is 17.9 Å². The van der Waals surface area contributed by atoms with E-state index in [9.17, 15) is 4.79 Å². The summed E-state index contributed by atoms with van der Waals surface area (Å²) in [6, 6.07) is 14.5. The lowest BCUT2D eigenvalue weighted by Gasteiger charge is -2.03. The Hall–Kier alpha value is -2.89. The van der Waals surface area contributed by atoms with Crippen LogP contribution in [0.15, 0.2) is 60.7 Å². The summed E-state index contributed by atoms with van der Waals surface area (Å²) in [5.74, 6) is 1.23. The number of ketones is 1. The van der Waals surface area contributed by atoms with Gasteiger partial charge < -0.3 is 19.7 Å². The zero-order valence-electron chi connectivity index (χ0n) is 14.4. The van der Waals surface area contributed by atoms with Crippen molar-refractivity contribution in [3.8, 4) is 11.5 Å². The molecule has 0 heterocycles. The molecule has 0 aliphatic carbocycles. The van der Waals surface area contributed by atoms with Crippen molar-refractivity contribution < 1.29 is 24.5 Å². The van der Waals surface area contributed by atoms with Gasteiger partial charge in [0.15, 0.2) is 5.78 Å². The summed E-state index contributed by atoms with van der Waals surface area (Å²) in [7, 11) is 0. The van der Waals surface area contributed by atoms with Crippen LogP contribution in [0.3, 0.4) is 0 Å². The highest BCUT2D eigenvalue weighted by atomic mass is 16.5. The molecular formula is C21H22O5. The van der Waals surface area contributed by atoms with Gasteiger partial charge in [-0.3, -0.25) is 4.79 Å². The van der Waals surface area contributed by atoms with E-state index in [1.165, 1.54) is 12.2 Å². The van der Waals surface area contributed by atoms with Crippen LogP contribution in [-0.4, -0.2) is 42.4 Å². The van der Waals surface area contributed by atoms with Gasteiger partial charge in [-0.05, 0) is 47.5 Å². The highest BCUT2D eigenvalue weighted by Crippen LogP contribution is 2.14. The number of aliphatic hydroxyl groups excluding tert-OH is 2. The van der Waals surface area contributed by atoms with Crippen LogP contribution in [0.25, 0.3) is 12.2 Å². The van der Waals surface area contributed by atoms with Crippen molar-refractivity contribution in [3.63, 3.8) is 0 Å². The minimum Gasteiger partial charge on any atom is -0.491 e. The molecule has 0 aliphatic heterocycles. The normalized spacial score (nSPS) is 11.2. The minimum absolute atomic E-state index is 0.0269. The first-order valence-electron chi connectivity index (χ1n) is 8.29. The second-order valence-electron chi connectivity index (χ2n) is 5.35. The van der Waals surface area contributed by atoms with Gasteiger partial charge in [0.25, 0.3) is 0 Å². The Labute approximate surface area is 152 Å². The third-order valence-corrected chi connectivity index (χ3v) is 3.36. The molecule has 2 N–H and O–H groups in total. The number of carbonyl (C=O) groups excluding carboxylic acids is 1. The molecule has 0 bridgehead atoms. The van der Waals surface area contributed by atoms with E-state index in [0.717, 1.165) is 11.1 Å². The smallest absolute Gasteiger partial charge is 0.178 e. The Morgan fingerprint density at radius 1 is 0.731 bits per heavy atom. The Bertz CT molecular complexity index is 667. The number of ether oxygens (including phenoxy) is 2. The summed E-state index contributed by atoms with van der Waals surface area (Å²) in [5.41, 5.74) is 1.77. The van der Waals surface area contributed by atoms with E-state index in [2.05, 4.69) is 0 Å². The Kier molecular flexibility index (Phi) is 8.12. The average Bonchev–Trinajstić information content (AvgIpc) is 2.69. The first kappa shape index (κ1) is 19.4. The molecule has 136 valence electrons. The van der Waals surface area contributed by atoms with E-state index in [1.54, 1.807) is 36.4 Å². The molecule has 5 nitrogen and oxygen atoms in total. The van der Waals surface area contributed by atoms with Crippen LogP contribution in [0.2, 0.25) is 0 Å². The van der Waals surface area contributed by atoms with Gasteiger partial charge in [-0.15, -0.1) is 0 Å². The van der Waals surface area contributed by atoms with E-state index >= 15 is 0 Å². The Morgan fingerprint density at radius 3 is 1.46 bits per heavy atom. The van der Waals surface area contributed by atoms with E-state index in [1.807, 2.05) is 24.3 Å². The zero-order chi connectivity index (χ0) is 18.6. The number of rotatable bonds is 10. The fourth-order valence-corrected chi connectivity index (χ4v) is 2.09. The lowest BCUT2D eigenvalue weighted by Crippen LogP contribution is -2.01. The van der Waals surface area contributed by atoms with Gasteiger partial charge in [0.05, 0.1) is 13.2 Å². The maximum atomic E-state index is 11.9. The van der Waals surface area contributed by atoms with Gasteiger partial charge in [-0.25, -0.2) is 0 Å². The molecule has 0 unspecified atom stereocenters. The molecule has 0 aromatic heterocycles. The SMILES string of the molecule is O=C(/C=C/c1ccc(OCCO)cc1)/C=C/c1ccc(OCCO)cc1. The molecule has 0 spiro atoms. The van der Waals surface area contributed by atoms with Crippen molar-refractivity contribution in [1.29, 1.82) is 0 Å². The van der Waals surface area contributed by atoms with Crippen LogP contribution >= 0.6 is 0 Å². The predicted octanol–water partition coefficient (Wildman–Crippen LogP) is 2.72. The van der Waals surface area contributed by atoms with E-state index < -0.39 is 0 Å². The summed E-state index contributed by atoms with van der Waals surface area (Å²) < 4.78 is 10.6. The fourth-order valence-electron chi connectivity index (χ4n) is 2.09. The van der Waals surface area contributed by atoms with Crippen LogP contribution in [0.1, 0.15) is 11.1 Å². The Morgan fingerprint density at radius 2 is 1.12 bits per heavy atom. The molecule has 0 radical (unpaired) electrons. The zero-order valence-corrected chi connectivity index (χ0v) is 14.4. The molecule has 0 saturated carbocycles. The number of hydrogen-bond acceptors (Lipinski definition) is 5. The average molecular weight is 354 g/mol. The van der Waals surface area contributed by atoms with Gasteiger partial charge >= 0.3 is 0 Å². The van der Waals surface area contributed by atoms with Crippen molar-refractivity contribution in [2.45, 2.75) is 0 Å². The van der Waals surface area contributed by atoms with Crippen LogP contribution in [-0.2, 0) is 4.79 Å². The molecule has 0 atom stereocenters. The minimum atomic E-state index is -0.119. The van der Waals surface area contributed by atoms with Crippen molar-refractivity contribution in [2.75, 3.05) is 26.4 Å². The molecule has 0 amide bonds. The third kappa shape index (κ3) is 6.93. The summed E-state index contributed by atoms with van der Waals surface area (Å²) in [4.78, 5) is 11.9. The molecule has 26 heavy (non-hydrogen) atoms. The molecule has 2 rings (SSSR count). The third-order valence-electron chi connectivity index (χ3n) is 3.36. The number of aliphatic hydroxyl groups is 2. The van der Waals surface area contributed by atoms with Gasteiger partial charge in [-0.2, -0.15) is 0 Å². The number of hydrogen-bond donors (Lipinski definition) is 2. The van der Waals surface area contributed by atoms with Crippen LogP contribution in [0, 0.1) is 0 Å². The lowest BCUT2D eigenvalue weighted by atomic mass is 10.1. The monoisotopic (exact) mass is 354 g/mol. The number of benzene rings is 2. The summed E-state index contributed by atoms with van der Waals surface area (Å²) >= 11 is 0. The lowest BCUT2D eigenvalue weighted by molar-refractivity contribution is -0.110. The second kappa shape index (κ2) is 10.9.